The number of rotatable bonds is 4. The summed E-state index contributed by atoms with van der Waals surface area (Å²) >= 11 is 0. The number of hydrogen-bond acceptors (Lipinski definition) is 3. The SMILES string of the molecule is Cc1cccc(NS(=O)(=O)c2ccc3nc(-c4ccccc4)[nH]c3c2)c1. The first-order chi connectivity index (χ1) is 12.5. The highest BCUT2D eigenvalue weighted by Gasteiger charge is 2.16. The average molecular weight is 363 g/mol. The van der Waals surface area contributed by atoms with Gasteiger partial charge < -0.3 is 4.98 Å². The van der Waals surface area contributed by atoms with Crippen LogP contribution in [0.1, 0.15) is 5.56 Å². The molecule has 5 nitrogen and oxygen atoms in total. The molecule has 0 aliphatic carbocycles. The van der Waals surface area contributed by atoms with Crippen LogP contribution in [0.15, 0.2) is 77.7 Å². The fourth-order valence-corrected chi connectivity index (χ4v) is 3.89. The highest BCUT2D eigenvalue weighted by molar-refractivity contribution is 7.92. The molecular weight excluding hydrogens is 346 g/mol. The number of aryl methyl sites for hydroxylation is 1. The molecule has 2 N–H and O–H groups in total. The number of imidazole rings is 1. The predicted molar refractivity (Wildman–Crippen MR) is 104 cm³/mol. The van der Waals surface area contributed by atoms with Gasteiger partial charge in [0.2, 0.25) is 0 Å². The lowest BCUT2D eigenvalue weighted by atomic mass is 10.2. The predicted octanol–water partition coefficient (Wildman–Crippen LogP) is 4.34. The van der Waals surface area contributed by atoms with Gasteiger partial charge >= 0.3 is 0 Å². The maximum absolute atomic E-state index is 12.7. The molecule has 1 heterocycles. The molecule has 0 radical (unpaired) electrons. The van der Waals surface area contributed by atoms with Crippen molar-refractivity contribution in [2.45, 2.75) is 11.8 Å². The van der Waals surface area contributed by atoms with Crippen LogP contribution in [0.5, 0.6) is 0 Å². The number of H-pyrrole nitrogens is 1. The van der Waals surface area contributed by atoms with Gasteiger partial charge in [0, 0.05) is 11.3 Å². The number of nitrogens with one attached hydrogen (secondary N) is 2. The van der Waals surface area contributed by atoms with Crippen LogP contribution in [0.4, 0.5) is 5.69 Å². The van der Waals surface area contributed by atoms with Gasteiger partial charge in [-0.3, -0.25) is 4.72 Å². The van der Waals surface area contributed by atoms with Crippen molar-refractivity contribution >= 4 is 26.7 Å². The standard InChI is InChI=1S/C20H17N3O2S/c1-14-6-5-9-16(12-14)23-26(24,25)17-10-11-18-19(13-17)22-20(21-18)15-7-3-2-4-8-15/h2-13,23H,1H3,(H,21,22). The Morgan fingerprint density at radius 1 is 0.923 bits per heavy atom. The molecule has 0 bridgehead atoms. The molecule has 0 saturated carbocycles. The minimum Gasteiger partial charge on any atom is -0.338 e. The van der Waals surface area contributed by atoms with Crippen molar-refractivity contribution < 1.29 is 8.42 Å². The molecule has 0 unspecified atom stereocenters. The molecule has 0 aliphatic heterocycles. The van der Waals surface area contributed by atoms with Gasteiger partial charge in [-0.1, -0.05) is 42.5 Å². The molecular formula is C20H17N3O2S. The van der Waals surface area contributed by atoms with E-state index in [0.29, 0.717) is 17.0 Å². The van der Waals surface area contributed by atoms with Crippen LogP contribution < -0.4 is 4.72 Å². The molecule has 0 atom stereocenters. The molecule has 0 spiro atoms. The summed E-state index contributed by atoms with van der Waals surface area (Å²) < 4.78 is 28.0. The van der Waals surface area contributed by atoms with Crippen molar-refractivity contribution in [2.24, 2.45) is 0 Å². The summed E-state index contributed by atoms with van der Waals surface area (Å²) in [7, 11) is -3.67. The Hall–Kier alpha value is -3.12. The highest BCUT2D eigenvalue weighted by atomic mass is 32.2. The monoisotopic (exact) mass is 363 g/mol. The van der Waals surface area contributed by atoms with Gasteiger partial charge in [0.25, 0.3) is 10.0 Å². The number of aromatic amines is 1. The number of hydrogen-bond donors (Lipinski definition) is 2. The lowest BCUT2D eigenvalue weighted by Gasteiger charge is -2.08. The Bertz CT molecular complexity index is 1180. The number of sulfonamides is 1. The van der Waals surface area contributed by atoms with Crippen molar-refractivity contribution in [3.63, 3.8) is 0 Å². The molecule has 26 heavy (non-hydrogen) atoms. The van der Waals surface area contributed by atoms with Gasteiger partial charge in [0.15, 0.2) is 0 Å². The number of nitrogens with zero attached hydrogens (tertiary/aromatic N) is 1. The third kappa shape index (κ3) is 3.19. The first kappa shape index (κ1) is 16.4. The molecule has 0 saturated heterocycles. The van der Waals surface area contributed by atoms with E-state index in [1.165, 1.54) is 0 Å². The van der Waals surface area contributed by atoms with Crippen molar-refractivity contribution in [3.8, 4) is 11.4 Å². The average Bonchev–Trinajstić information content (AvgIpc) is 3.05. The molecule has 1 aromatic heterocycles. The second kappa shape index (κ2) is 6.31. The van der Waals surface area contributed by atoms with Gasteiger partial charge in [-0.05, 0) is 42.8 Å². The zero-order chi connectivity index (χ0) is 18.1. The van der Waals surface area contributed by atoms with Gasteiger partial charge in [-0.25, -0.2) is 13.4 Å². The van der Waals surface area contributed by atoms with Gasteiger partial charge in [-0.15, -0.1) is 0 Å². The Morgan fingerprint density at radius 3 is 2.50 bits per heavy atom. The normalized spacial score (nSPS) is 11.6. The second-order valence-corrected chi connectivity index (χ2v) is 7.79. The van der Waals surface area contributed by atoms with E-state index < -0.39 is 10.0 Å². The van der Waals surface area contributed by atoms with E-state index >= 15 is 0 Å². The Morgan fingerprint density at radius 2 is 1.73 bits per heavy atom. The third-order valence-corrected chi connectivity index (χ3v) is 5.46. The number of anilines is 1. The second-order valence-electron chi connectivity index (χ2n) is 6.11. The van der Waals surface area contributed by atoms with E-state index in [1.807, 2.05) is 49.4 Å². The van der Waals surface area contributed by atoms with Crippen LogP contribution in [-0.2, 0) is 10.0 Å². The zero-order valence-electron chi connectivity index (χ0n) is 14.1. The van der Waals surface area contributed by atoms with Crippen LogP contribution in [0.2, 0.25) is 0 Å². The molecule has 4 aromatic rings. The largest absolute Gasteiger partial charge is 0.338 e. The minimum absolute atomic E-state index is 0.190. The first-order valence-corrected chi connectivity index (χ1v) is 9.64. The fraction of sp³-hybridized carbons (Fsp3) is 0.0500. The summed E-state index contributed by atoms with van der Waals surface area (Å²) in [6.45, 7) is 1.92. The zero-order valence-corrected chi connectivity index (χ0v) is 14.9. The van der Waals surface area contributed by atoms with Crippen molar-refractivity contribution in [3.05, 3.63) is 78.4 Å². The van der Waals surface area contributed by atoms with E-state index in [-0.39, 0.29) is 4.90 Å². The lowest BCUT2D eigenvalue weighted by molar-refractivity contribution is 0.601. The maximum Gasteiger partial charge on any atom is 0.261 e. The van der Waals surface area contributed by atoms with Crippen LogP contribution in [0.25, 0.3) is 22.4 Å². The van der Waals surface area contributed by atoms with Crippen molar-refractivity contribution in [2.75, 3.05) is 4.72 Å². The summed E-state index contributed by atoms with van der Waals surface area (Å²) in [4.78, 5) is 7.91. The molecule has 6 heteroatoms. The van der Waals surface area contributed by atoms with Crippen molar-refractivity contribution in [1.29, 1.82) is 0 Å². The van der Waals surface area contributed by atoms with Crippen molar-refractivity contribution in [1.82, 2.24) is 9.97 Å². The Labute approximate surface area is 151 Å². The molecule has 0 fully saturated rings. The van der Waals surface area contributed by atoms with E-state index in [4.69, 9.17) is 0 Å². The van der Waals surface area contributed by atoms with Crippen LogP contribution in [-0.4, -0.2) is 18.4 Å². The summed E-state index contributed by atoms with van der Waals surface area (Å²) in [6, 6.07) is 21.8. The summed E-state index contributed by atoms with van der Waals surface area (Å²) in [5.41, 5.74) is 3.88. The van der Waals surface area contributed by atoms with Crippen LogP contribution in [0, 0.1) is 6.92 Å². The fourth-order valence-electron chi connectivity index (χ4n) is 2.81. The molecule has 0 amide bonds. The van der Waals surface area contributed by atoms with Gasteiger partial charge in [0.05, 0.1) is 15.9 Å². The number of aromatic nitrogens is 2. The summed E-state index contributed by atoms with van der Waals surface area (Å²) in [5.74, 6) is 0.710. The lowest BCUT2D eigenvalue weighted by Crippen LogP contribution is -2.12. The number of benzene rings is 3. The third-order valence-electron chi connectivity index (χ3n) is 4.08. The van der Waals surface area contributed by atoms with Crippen LogP contribution in [0.3, 0.4) is 0 Å². The summed E-state index contributed by atoms with van der Waals surface area (Å²) in [5, 5.41) is 0. The highest BCUT2D eigenvalue weighted by Crippen LogP contribution is 2.24. The summed E-state index contributed by atoms with van der Waals surface area (Å²) in [6.07, 6.45) is 0. The topological polar surface area (TPSA) is 74.8 Å². The van der Waals surface area contributed by atoms with Gasteiger partial charge in [0.1, 0.15) is 5.82 Å². The molecule has 130 valence electrons. The minimum atomic E-state index is -3.67. The van der Waals surface area contributed by atoms with Gasteiger partial charge in [-0.2, -0.15) is 0 Å². The van der Waals surface area contributed by atoms with E-state index in [0.717, 1.165) is 16.6 Å². The van der Waals surface area contributed by atoms with E-state index in [2.05, 4.69) is 14.7 Å². The smallest absolute Gasteiger partial charge is 0.261 e. The van der Waals surface area contributed by atoms with Crippen LogP contribution >= 0.6 is 0 Å². The molecule has 4 rings (SSSR count). The Kier molecular flexibility index (Phi) is 3.97. The molecule has 3 aromatic carbocycles. The van der Waals surface area contributed by atoms with E-state index in [1.54, 1.807) is 30.3 Å². The maximum atomic E-state index is 12.7. The number of fused-ring (bicyclic) bond motifs is 1. The molecule has 0 aliphatic rings. The first-order valence-electron chi connectivity index (χ1n) is 8.16. The van der Waals surface area contributed by atoms with E-state index in [9.17, 15) is 8.42 Å². The quantitative estimate of drug-likeness (QED) is 0.566. The Balaban J connectivity index is 1.70.